The van der Waals surface area contributed by atoms with Crippen molar-refractivity contribution in [2.75, 3.05) is 24.5 Å². The summed E-state index contributed by atoms with van der Waals surface area (Å²) < 4.78 is 0. The van der Waals surface area contributed by atoms with E-state index in [0.29, 0.717) is 18.5 Å². The van der Waals surface area contributed by atoms with Crippen LogP contribution >= 0.6 is 11.8 Å². The molecule has 2 aromatic rings. The van der Waals surface area contributed by atoms with Crippen LogP contribution < -0.4 is 4.90 Å². The zero-order chi connectivity index (χ0) is 17.9. The first-order valence-corrected chi connectivity index (χ1v) is 9.87. The Hall–Kier alpha value is -2.34. The van der Waals surface area contributed by atoms with Crippen LogP contribution in [0.3, 0.4) is 0 Å². The van der Waals surface area contributed by atoms with E-state index in [1.54, 1.807) is 17.2 Å². The van der Waals surface area contributed by atoms with E-state index in [2.05, 4.69) is 4.98 Å². The highest BCUT2D eigenvalue weighted by molar-refractivity contribution is 7.99. The standard InChI is InChI=1S/C20H21N3O2S/c24-18(22-12-4-1-5-13-22)10-14-23-16-8-2-3-9-17(16)26-19-15(20(23)25)7-6-11-21-19/h2-3,6-9,11H,1,4-5,10,12-14H2. The van der Waals surface area contributed by atoms with Crippen molar-refractivity contribution in [3.63, 3.8) is 0 Å². The van der Waals surface area contributed by atoms with Gasteiger partial charge in [0.2, 0.25) is 5.91 Å². The molecule has 6 heteroatoms. The molecule has 0 atom stereocenters. The summed E-state index contributed by atoms with van der Waals surface area (Å²) in [5, 5.41) is 0.717. The second-order valence-corrected chi connectivity index (χ2v) is 7.60. The van der Waals surface area contributed by atoms with Crippen LogP contribution in [0.5, 0.6) is 0 Å². The maximum Gasteiger partial charge on any atom is 0.261 e. The Morgan fingerprint density at radius 1 is 1.08 bits per heavy atom. The van der Waals surface area contributed by atoms with Gasteiger partial charge in [-0.05, 0) is 43.5 Å². The van der Waals surface area contributed by atoms with E-state index in [4.69, 9.17) is 0 Å². The van der Waals surface area contributed by atoms with Gasteiger partial charge in [0.05, 0.1) is 11.3 Å². The highest BCUT2D eigenvalue weighted by Crippen LogP contribution is 2.40. The number of carbonyl (C=O) groups is 2. The lowest BCUT2D eigenvalue weighted by Gasteiger charge is -2.28. The van der Waals surface area contributed by atoms with Crippen molar-refractivity contribution in [2.24, 2.45) is 0 Å². The topological polar surface area (TPSA) is 53.5 Å². The number of likely N-dealkylation sites (tertiary alicyclic amines) is 1. The molecule has 0 unspecified atom stereocenters. The predicted molar refractivity (Wildman–Crippen MR) is 102 cm³/mol. The predicted octanol–water partition coefficient (Wildman–Crippen LogP) is 3.60. The average Bonchev–Trinajstić information content (AvgIpc) is 2.81. The molecular weight excluding hydrogens is 346 g/mol. The number of carbonyl (C=O) groups excluding carboxylic acids is 2. The van der Waals surface area contributed by atoms with Gasteiger partial charge in [-0.1, -0.05) is 23.9 Å². The summed E-state index contributed by atoms with van der Waals surface area (Å²) in [6.07, 6.45) is 5.40. The zero-order valence-corrected chi connectivity index (χ0v) is 15.4. The molecule has 0 N–H and O–H groups in total. The Labute approximate surface area is 157 Å². The number of nitrogens with zero attached hydrogens (tertiary/aromatic N) is 3. The number of hydrogen-bond donors (Lipinski definition) is 0. The zero-order valence-electron chi connectivity index (χ0n) is 14.6. The third kappa shape index (κ3) is 3.33. The molecule has 5 nitrogen and oxygen atoms in total. The number of benzene rings is 1. The largest absolute Gasteiger partial charge is 0.343 e. The van der Waals surface area contributed by atoms with Gasteiger partial charge in [-0.2, -0.15) is 0 Å². The first-order valence-electron chi connectivity index (χ1n) is 9.05. The molecule has 1 fully saturated rings. The Morgan fingerprint density at radius 3 is 2.73 bits per heavy atom. The van der Waals surface area contributed by atoms with Gasteiger partial charge in [0.15, 0.2) is 0 Å². The lowest BCUT2D eigenvalue weighted by molar-refractivity contribution is -0.131. The first-order chi connectivity index (χ1) is 12.7. The van der Waals surface area contributed by atoms with E-state index in [-0.39, 0.29) is 11.8 Å². The summed E-state index contributed by atoms with van der Waals surface area (Å²) in [6, 6.07) is 11.4. The summed E-state index contributed by atoms with van der Waals surface area (Å²) in [5.74, 6) is 0.0512. The maximum atomic E-state index is 13.1. The van der Waals surface area contributed by atoms with Gasteiger partial charge >= 0.3 is 0 Å². The molecule has 0 saturated carbocycles. The van der Waals surface area contributed by atoms with Gasteiger partial charge in [0.25, 0.3) is 5.91 Å². The molecule has 134 valence electrons. The maximum absolute atomic E-state index is 13.1. The minimum atomic E-state index is -0.0861. The Kier molecular flexibility index (Phi) is 4.93. The Balaban J connectivity index is 1.59. The summed E-state index contributed by atoms with van der Waals surface area (Å²) in [4.78, 5) is 34.7. The van der Waals surface area contributed by atoms with Crippen LogP contribution in [0.25, 0.3) is 0 Å². The molecule has 2 amide bonds. The summed E-state index contributed by atoms with van der Waals surface area (Å²) in [5.41, 5.74) is 1.45. The summed E-state index contributed by atoms with van der Waals surface area (Å²) in [7, 11) is 0. The number of hydrogen-bond acceptors (Lipinski definition) is 4. The second kappa shape index (κ2) is 7.50. The second-order valence-electron chi connectivity index (χ2n) is 6.57. The van der Waals surface area contributed by atoms with Crippen LogP contribution in [0, 0.1) is 0 Å². The van der Waals surface area contributed by atoms with Crippen LogP contribution in [-0.4, -0.2) is 41.3 Å². The molecule has 4 rings (SSSR count). The number of para-hydroxylation sites is 1. The monoisotopic (exact) mass is 367 g/mol. The minimum Gasteiger partial charge on any atom is -0.343 e. The van der Waals surface area contributed by atoms with Crippen molar-refractivity contribution in [3.8, 4) is 0 Å². The van der Waals surface area contributed by atoms with Crippen molar-refractivity contribution in [3.05, 3.63) is 48.2 Å². The first kappa shape index (κ1) is 17.1. The molecule has 1 aromatic heterocycles. The van der Waals surface area contributed by atoms with Crippen LogP contribution in [0.1, 0.15) is 36.0 Å². The van der Waals surface area contributed by atoms with E-state index in [1.807, 2.05) is 35.2 Å². The lowest BCUT2D eigenvalue weighted by atomic mass is 10.1. The molecule has 0 aliphatic carbocycles. The molecule has 1 aromatic carbocycles. The molecule has 2 aliphatic rings. The van der Waals surface area contributed by atoms with Crippen molar-refractivity contribution >= 4 is 29.3 Å². The molecular formula is C20H21N3O2S. The van der Waals surface area contributed by atoms with Gasteiger partial charge < -0.3 is 9.80 Å². The normalized spacial score (nSPS) is 16.7. The minimum absolute atomic E-state index is 0.0861. The molecule has 0 radical (unpaired) electrons. The quantitative estimate of drug-likeness (QED) is 0.832. The number of amides is 2. The van der Waals surface area contributed by atoms with Crippen LogP contribution in [0.15, 0.2) is 52.5 Å². The Morgan fingerprint density at radius 2 is 1.88 bits per heavy atom. The molecule has 2 aliphatic heterocycles. The average molecular weight is 367 g/mol. The third-order valence-electron chi connectivity index (χ3n) is 4.87. The molecule has 0 spiro atoms. The van der Waals surface area contributed by atoms with Crippen molar-refractivity contribution in [1.82, 2.24) is 9.88 Å². The number of rotatable bonds is 3. The number of fused-ring (bicyclic) bond motifs is 2. The van der Waals surface area contributed by atoms with Crippen molar-refractivity contribution in [1.29, 1.82) is 0 Å². The van der Waals surface area contributed by atoms with Gasteiger partial charge in [-0.3, -0.25) is 9.59 Å². The molecule has 26 heavy (non-hydrogen) atoms. The molecule has 1 saturated heterocycles. The van der Waals surface area contributed by atoms with E-state index < -0.39 is 0 Å². The van der Waals surface area contributed by atoms with Gasteiger partial charge in [0, 0.05) is 37.1 Å². The number of anilines is 1. The SMILES string of the molecule is O=C(CCN1C(=O)c2cccnc2Sc2ccccc21)N1CCCCC1. The number of aromatic nitrogens is 1. The van der Waals surface area contributed by atoms with E-state index >= 15 is 0 Å². The summed E-state index contributed by atoms with van der Waals surface area (Å²) in [6.45, 7) is 2.07. The smallest absolute Gasteiger partial charge is 0.261 e. The Bertz CT molecular complexity index is 833. The fourth-order valence-corrected chi connectivity index (χ4v) is 4.51. The third-order valence-corrected chi connectivity index (χ3v) is 5.95. The van der Waals surface area contributed by atoms with Crippen LogP contribution in [-0.2, 0) is 4.79 Å². The van der Waals surface area contributed by atoms with E-state index in [0.717, 1.165) is 41.5 Å². The summed E-state index contributed by atoms with van der Waals surface area (Å²) >= 11 is 1.50. The molecule has 0 bridgehead atoms. The van der Waals surface area contributed by atoms with E-state index in [9.17, 15) is 9.59 Å². The van der Waals surface area contributed by atoms with Crippen LogP contribution in [0.4, 0.5) is 5.69 Å². The van der Waals surface area contributed by atoms with Crippen molar-refractivity contribution < 1.29 is 9.59 Å². The fraction of sp³-hybridized carbons (Fsp3) is 0.350. The van der Waals surface area contributed by atoms with E-state index in [1.165, 1.54) is 18.2 Å². The highest BCUT2D eigenvalue weighted by atomic mass is 32.2. The van der Waals surface area contributed by atoms with Gasteiger partial charge in [-0.25, -0.2) is 4.98 Å². The molecule has 3 heterocycles. The number of piperidine rings is 1. The van der Waals surface area contributed by atoms with Gasteiger partial charge in [0.1, 0.15) is 5.03 Å². The van der Waals surface area contributed by atoms with Gasteiger partial charge in [-0.15, -0.1) is 0 Å². The van der Waals surface area contributed by atoms with Crippen molar-refractivity contribution in [2.45, 2.75) is 35.6 Å². The number of pyridine rings is 1. The van der Waals surface area contributed by atoms with Crippen LogP contribution in [0.2, 0.25) is 0 Å². The fourth-order valence-electron chi connectivity index (χ4n) is 3.49. The lowest BCUT2D eigenvalue weighted by Crippen LogP contribution is -2.39. The highest BCUT2D eigenvalue weighted by Gasteiger charge is 2.28.